The summed E-state index contributed by atoms with van der Waals surface area (Å²) in [6.07, 6.45) is 3.16. The number of rotatable bonds is 5. The second-order valence-electron chi connectivity index (χ2n) is 5.82. The Bertz CT molecular complexity index is 505. The molecule has 0 spiro atoms. The molecular weight excluding hydrogens is 264 g/mol. The van der Waals surface area contributed by atoms with E-state index in [9.17, 15) is 9.59 Å². The first-order valence-corrected chi connectivity index (χ1v) is 7.73. The minimum absolute atomic E-state index is 0.00129. The average molecular weight is 288 g/mol. The van der Waals surface area contributed by atoms with Crippen LogP contribution in [0, 0.1) is 5.92 Å². The predicted octanol–water partition coefficient (Wildman–Crippen LogP) is 2.95. The number of hydrogen-bond donors (Lipinski definition) is 1. The molecule has 1 aliphatic heterocycles. The number of carbonyl (C=O) groups excluding carboxylic acids is 2. The van der Waals surface area contributed by atoms with E-state index in [0.717, 1.165) is 32.4 Å². The van der Waals surface area contributed by atoms with Crippen molar-refractivity contribution in [2.45, 2.75) is 32.6 Å². The summed E-state index contributed by atoms with van der Waals surface area (Å²) in [5.74, 6) is 0.318. The molecule has 1 saturated heterocycles. The van der Waals surface area contributed by atoms with Gasteiger partial charge in [0, 0.05) is 23.6 Å². The molecule has 0 aromatic heterocycles. The molecule has 1 amide bonds. The van der Waals surface area contributed by atoms with Crippen LogP contribution in [0.3, 0.4) is 0 Å². The van der Waals surface area contributed by atoms with E-state index in [0.29, 0.717) is 17.7 Å². The first kappa shape index (κ1) is 15.7. The van der Waals surface area contributed by atoms with Crippen LogP contribution in [0.4, 0.5) is 5.69 Å². The molecule has 0 unspecified atom stereocenters. The summed E-state index contributed by atoms with van der Waals surface area (Å²) in [6, 6.07) is 7.31. The summed E-state index contributed by atoms with van der Waals surface area (Å²) < 4.78 is 0. The fourth-order valence-corrected chi connectivity index (χ4v) is 2.71. The van der Waals surface area contributed by atoms with E-state index in [2.05, 4.69) is 17.3 Å². The number of hydrogen-bond acceptors (Lipinski definition) is 3. The van der Waals surface area contributed by atoms with Crippen molar-refractivity contribution in [1.29, 1.82) is 0 Å². The van der Waals surface area contributed by atoms with Crippen molar-refractivity contribution in [3.05, 3.63) is 29.8 Å². The zero-order valence-electron chi connectivity index (χ0n) is 12.9. The Morgan fingerprint density at radius 1 is 1.29 bits per heavy atom. The van der Waals surface area contributed by atoms with Crippen LogP contribution in [-0.2, 0) is 4.79 Å². The van der Waals surface area contributed by atoms with Crippen molar-refractivity contribution in [3.63, 3.8) is 0 Å². The second-order valence-corrected chi connectivity index (χ2v) is 5.82. The van der Waals surface area contributed by atoms with Crippen LogP contribution in [0.1, 0.15) is 43.0 Å². The van der Waals surface area contributed by atoms with Crippen molar-refractivity contribution in [3.8, 4) is 0 Å². The van der Waals surface area contributed by atoms with E-state index < -0.39 is 0 Å². The first-order chi connectivity index (χ1) is 10.1. The molecule has 1 N–H and O–H groups in total. The van der Waals surface area contributed by atoms with E-state index >= 15 is 0 Å². The van der Waals surface area contributed by atoms with Gasteiger partial charge < -0.3 is 10.2 Å². The molecule has 4 nitrogen and oxygen atoms in total. The van der Waals surface area contributed by atoms with Crippen LogP contribution in [0.25, 0.3) is 0 Å². The van der Waals surface area contributed by atoms with Crippen LogP contribution in [0.5, 0.6) is 0 Å². The van der Waals surface area contributed by atoms with Gasteiger partial charge in [0.2, 0.25) is 5.91 Å². The monoisotopic (exact) mass is 288 g/mol. The summed E-state index contributed by atoms with van der Waals surface area (Å²) in [5, 5.41) is 2.85. The van der Waals surface area contributed by atoms with E-state index in [1.165, 1.54) is 0 Å². The van der Waals surface area contributed by atoms with Gasteiger partial charge in [0.15, 0.2) is 5.78 Å². The highest BCUT2D eigenvalue weighted by Gasteiger charge is 2.24. The molecule has 114 valence electrons. The summed E-state index contributed by atoms with van der Waals surface area (Å²) >= 11 is 0. The van der Waals surface area contributed by atoms with Gasteiger partial charge >= 0.3 is 0 Å². The van der Waals surface area contributed by atoms with E-state index in [-0.39, 0.29) is 17.6 Å². The molecule has 1 aromatic rings. The third-order valence-corrected chi connectivity index (χ3v) is 4.00. The van der Waals surface area contributed by atoms with Crippen LogP contribution >= 0.6 is 0 Å². The van der Waals surface area contributed by atoms with E-state index in [1.807, 2.05) is 25.1 Å². The van der Waals surface area contributed by atoms with Gasteiger partial charge in [-0.25, -0.2) is 0 Å². The van der Waals surface area contributed by atoms with Crippen LogP contribution in [-0.4, -0.2) is 36.7 Å². The second kappa shape index (κ2) is 7.36. The fourth-order valence-electron chi connectivity index (χ4n) is 2.71. The van der Waals surface area contributed by atoms with Crippen molar-refractivity contribution in [1.82, 2.24) is 4.90 Å². The highest BCUT2D eigenvalue weighted by molar-refractivity contribution is 5.99. The van der Waals surface area contributed by atoms with Crippen molar-refractivity contribution in [2.75, 3.05) is 25.5 Å². The summed E-state index contributed by atoms with van der Waals surface area (Å²) in [7, 11) is 2.09. The number of nitrogens with one attached hydrogen (secondary N) is 1. The third-order valence-electron chi connectivity index (χ3n) is 4.00. The van der Waals surface area contributed by atoms with Crippen molar-refractivity contribution >= 4 is 17.4 Å². The Kier molecular flexibility index (Phi) is 5.51. The Morgan fingerprint density at radius 3 is 2.67 bits per heavy atom. The van der Waals surface area contributed by atoms with Gasteiger partial charge in [-0.05, 0) is 51.5 Å². The number of anilines is 1. The molecule has 2 rings (SSSR count). The first-order valence-electron chi connectivity index (χ1n) is 7.73. The Balaban J connectivity index is 2.02. The topological polar surface area (TPSA) is 49.4 Å². The SMILES string of the molecule is CCCC(=O)Nc1cccc(C(=O)C2CCN(C)CC2)c1. The molecular formula is C17H24N2O2. The normalized spacial score (nSPS) is 16.7. The van der Waals surface area contributed by atoms with Crippen LogP contribution < -0.4 is 5.32 Å². The highest BCUT2D eigenvalue weighted by Crippen LogP contribution is 2.22. The molecule has 0 bridgehead atoms. The molecule has 0 radical (unpaired) electrons. The van der Waals surface area contributed by atoms with Crippen molar-refractivity contribution in [2.24, 2.45) is 5.92 Å². The zero-order chi connectivity index (χ0) is 15.2. The smallest absolute Gasteiger partial charge is 0.224 e. The number of amides is 1. The number of Topliss-reactive ketones (excluding diaryl/α,β-unsaturated/α-hetero) is 1. The number of carbonyl (C=O) groups is 2. The standard InChI is InChI=1S/C17H24N2O2/c1-3-5-16(20)18-15-7-4-6-14(12-15)17(21)13-8-10-19(2)11-9-13/h4,6-7,12-13H,3,5,8-11H2,1-2H3,(H,18,20). The van der Waals surface area contributed by atoms with Gasteiger partial charge in [-0.15, -0.1) is 0 Å². The lowest BCUT2D eigenvalue weighted by Gasteiger charge is -2.28. The average Bonchev–Trinajstić information content (AvgIpc) is 2.48. The maximum absolute atomic E-state index is 12.5. The maximum Gasteiger partial charge on any atom is 0.224 e. The largest absolute Gasteiger partial charge is 0.326 e. The molecule has 0 saturated carbocycles. The molecule has 1 aromatic carbocycles. The third kappa shape index (κ3) is 4.39. The van der Waals surface area contributed by atoms with Gasteiger partial charge in [0.1, 0.15) is 0 Å². The molecule has 0 aliphatic carbocycles. The summed E-state index contributed by atoms with van der Waals surface area (Å²) in [5.41, 5.74) is 1.42. The highest BCUT2D eigenvalue weighted by atomic mass is 16.1. The lowest BCUT2D eigenvalue weighted by atomic mass is 9.89. The Morgan fingerprint density at radius 2 is 2.00 bits per heavy atom. The van der Waals surface area contributed by atoms with E-state index in [1.54, 1.807) is 6.07 Å². The number of nitrogens with zero attached hydrogens (tertiary/aromatic N) is 1. The molecule has 1 aliphatic rings. The van der Waals surface area contributed by atoms with Crippen LogP contribution in [0.15, 0.2) is 24.3 Å². The number of ketones is 1. The van der Waals surface area contributed by atoms with Gasteiger partial charge in [0.05, 0.1) is 0 Å². The lowest BCUT2D eigenvalue weighted by molar-refractivity contribution is -0.116. The van der Waals surface area contributed by atoms with E-state index in [4.69, 9.17) is 0 Å². The van der Waals surface area contributed by atoms with Gasteiger partial charge in [-0.3, -0.25) is 9.59 Å². The zero-order valence-corrected chi connectivity index (χ0v) is 12.9. The molecule has 0 atom stereocenters. The lowest BCUT2D eigenvalue weighted by Crippen LogP contribution is -2.33. The summed E-state index contributed by atoms with van der Waals surface area (Å²) in [6.45, 7) is 3.92. The fraction of sp³-hybridized carbons (Fsp3) is 0.529. The minimum atomic E-state index is 0.00129. The van der Waals surface area contributed by atoms with Crippen molar-refractivity contribution < 1.29 is 9.59 Å². The molecule has 21 heavy (non-hydrogen) atoms. The van der Waals surface area contributed by atoms with Gasteiger partial charge in [0.25, 0.3) is 0 Å². The number of piperidine rings is 1. The van der Waals surface area contributed by atoms with Crippen LogP contribution in [0.2, 0.25) is 0 Å². The maximum atomic E-state index is 12.5. The molecule has 1 heterocycles. The number of likely N-dealkylation sites (tertiary alicyclic amines) is 1. The Labute approximate surface area is 126 Å². The predicted molar refractivity (Wildman–Crippen MR) is 84.5 cm³/mol. The number of benzene rings is 1. The summed E-state index contributed by atoms with van der Waals surface area (Å²) in [4.78, 5) is 26.4. The minimum Gasteiger partial charge on any atom is -0.326 e. The van der Waals surface area contributed by atoms with Gasteiger partial charge in [-0.2, -0.15) is 0 Å². The van der Waals surface area contributed by atoms with Gasteiger partial charge in [-0.1, -0.05) is 19.1 Å². The molecule has 1 fully saturated rings. The molecule has 4 heteroatoms. The quantitative estimate of drug-likeness (QED) is 0.847. The Hall–Kier alpha value is -1.68.